The van der Waals surface area contributed by atoms with E-state index in [1.807, 2.05) is 39.6 Å². The quantitative estimate of drug-likeness (QED) is 0.806. The van der Waals surface area contributed by atoms with E-state index in [0.717, 1.165) is 6.42 Å². The summed E-state index contributed by atoms with van der Waals surface area (Å²) < 4.78 is 0. The fourth-order valence-electron chi connectivity index (χ4n) is 2.35. The summed E-state index contributed by atoms with van der Waals surface area (Å²) in [6.07, 6.45) is 0.738. The average Bonchev–Trinajstić information content (AvgIpc) is 2.30. The average molecular weight is 256 g/mol. The number of aliphatic carboxylic acids is 1. The van der Waals surface area contributed by atoms with Crippen LogP contribution in [-0.4, -0.2) is 58.0 Å². The van der Waals surface area contributed by atoms with E-state index >= 15 is 0 Å². The lowest BCUT2D eigenvalue weighted by atomic mass is 10.0. The maximum absolute atomic E-state index is 12.5. The van der Waals surface area contributed by atoms with E-state index in [1.54, 1.807) is 4.90 Å². The van der Waals surface area contributed by atoms with Crippen LogP contribution < -0.4 is 0 Å². The standard InChI is InChI=1S/C13H24N2O3/c1-9-6-7-15(13(2,3)4)12(18)10(14(9)5)8-11(16)17/h9-10H,6-8H2,1-5H3,(H,16,17). The van der Waals surface area contributed by atoms with Crippen LogP contribution in [0.3, 0.4) is 0 Å². The number of amides is 1. The van der Waals surface area contributed by atoms with E-state index in [1.165, 1.54) is 0 Å². The fraction of sp³-hybridized carbons (Fsp3) is 0.846. The van der Waals surface area contributed by atoms with Gasteiger partial charge in [-0.25, -0.2) is 0 Å². The predicted molar refractivity (Wildman–Crippen MR) is 69.3 cm³/mol. The third-order valence-corrected chi connectivity index (χ3v) is 3.69. The number of carboxylic acids is 1. The lowest BCUT2D eigenvalue weighted by Gasteiger charge is -2.37. The van der Waals surface area contributed by atoms with Crippen molar-refractivity contribution < 1.29 is 14.7 Å². The molecular weight excluding hydrogens is 232 g/mol. The zero-order chi connectivity index (χ0) is 14.1. The maximum atomic E-state index is 12.5. The van der Waals surface area contributed by atoms with Gasteiger partial charge in [-0.3, -0.25) is 14.5 Å². The number of hydrogen-bond acceptors (Lipinski definition) is 3. The van der Waals surface area contributed by atoms with Crippen molar-refractivity contribution in [2.45, 2.75) is 58.2 Å². The summed E-state index contributed by atoms with van der Waals surface area (Å²) >= 11 is 0. The van der Waals surface area contributed by atoms with Gasteiger partial charge in [-0.05, 0) is 41.2 Å². The molecule has 0 bridgehead atoms. The van der Waals surface area contributed by atoms with Crippen LogP contribution in [0.25, 0.3) is 0 Å². The summed E-state index contributed by atoms with van der Waals surface area (Å²) in [5.74, 6) is -1.00. The Bertz CT molecular complexity index is 336. The SMILES string of the molecule is CC1CCN(C(C)(C)C)C(=O)C(CC(=O)O)N1C. The van der Waals surface area contributed by atoms with Crippen molar-refractivity contribution >= 4 is 11.9 Å². The van der Waals surface area contributed by atoms with E-state index in [9.17, 15) is 9.59 Å². The summed E-state index contributed by atoms with van der Waals surface area (Å²) in [6.45, 7) is 8.67. The zero-order valence-electron chi connectivity index (χ0n) is 11.9. The molecule has 104 valence electrons. The van der Waals surface area contributed by atoms with Gasteiger partial charge in [0.25, 0.3) is 0 Å². The topological polar surface area (TPSA) is 60.9 Å². The Morgan fingerprint density at radius 1 is 1.44 bits per heavy atom. The molecule has 1 N–H and O–H groups in total. The molecule has 2 unspecified atom stereocenters. The molecule has 0 aromatic heterocycles. The van der Waals surface area contributed by atoms with E-state index in [0.29, 0.717) is 6.54 Å². The van der Waals surface area contributed by atoms with Gasteiger partial charge < -0.3 is 10.0 Å². The first-order chi connectivity index (χ1) is 8.14. The van der Waals surface area contributed by atoms with Crippen molar-refractivity contribution in [1.82, 2.24) is 9.80 Å². The van der Waals surface area contributed by atoms with E-state index in [-0.39, 0.29) is 23.9 Å². The van der Waals surface area contributed by atoms with Crippen molar-refractivity contribution in [2.24, 2.45) is 0 Å². The lowest BCUT2D eigenvalue weighted by Crippen LogP contribution is -2.52. The molecule has 5 heteroatoms. The minimum absolute atomic E-state index is 0.0725. The molecule has 0 aromatic rings. The van der Waals surface area contributed by atoms with Crippen molar-refractivity contribution in [1.29, 1.82) is 0 Å². The first-order valence-corrected chi connectivity index (χ1v) is 6.39. The molecule has 0 saturated carbocycles. The number of nitrogens with zero attached hydrogens (tertiary/aromatic N) is 2. The fourth-order valence-corrected chi connectivity index (χ4v) is 2.35. The molecule has 1 heterocycles. The molecule has 1 fully saturated rings. The van der Waals surface area contributed by atoms with Gasteiger partial charge in [-0.1, -0.05) is 0 Å². The first kappa shape index (κ1) is 15.0. The highest BCUT2D eigenvalue weighted by Gasteiger charge is 2.39. The lowest BCUT2D eigenvalue weighted by molar-refractivity contribution is -0.147. The number of hydrogen-bond donors (Lipinski definition) is 1. The van der Waals surface area contributed by atoms with E-state index in [2.05, 4.69) is 0 Å². The molecule has 0 aliphatic carbocycles. The summed E-state index contributed by atoms with van der Waals surface area (Å²) in [7, 11) is 1.84. The van der Waals surface area contributed by atoms with Crippen molar-refractivity contribution in [3.8, 4) is 0 Å². The third kappa shape index (κ3) is 3.22. The third-order valence-electron chi connectivity index (χ3n) is 3.69. The zero-order valence-corrected chi connectivity index (χ0v) is 11.9. The normalized spacial score (nSPS) is 27.2. The van der Waals surface area contributed by atoms with E-state index in [4.69, 9.17) is 5.11 Å². The smallest absolute Gasteiger partial charge is 0.305 e. The molecule has 1 aliphatic heterocycles. The van der Waals surface area contributed by atoms with Crippen LogP contribution in [0.1, 0.15) is 40.5 Å². The Labute approximate surface area is 109 Å². The van der Waals surface area contributed by atoms with Crippen LogP contribution in [0.4, 0.5) is 0 Å². The minimum Gasteiger partial charge on any atom is -0.481 e. The molecular formula is C13H24N2O3. The Morgan fingerprint density at radius 3 is 2.44 bits per heavy atom. The van der Waals surface area contributed by atoms with Crippen LogP contribution in [0.5, 0.6) is 0 Å². The molecule has 0 aromatic carbocycles. The monoisotopic (exact) mass is 256 g/mol. The summed E-state index contributed by atoms with van der Waals surface area (Å²) in [4.78, 5) is 27.1. The molecule has 1 amide bonds. The van der Waals surface area contributed by atoms with Crippen LogP contribution in [-0.2, 0) is 9.59 Å². The molecule has 1 saturated heterocycles. The number of carboxylic acid groups (broad SMARTS) is 1. The van der Waals surface area contributed by atoms with Gasteiger partial charge in [0.1, 0.15) is 0 Å². The second-order valence-corrected chi connectivity index (χ2v) is 6.08. The summed E-state index contributed by atoms with van der Waals surface area (Å²) in [6, 6.07) is -0.343. The summed E-state index contributed by atoms with van der Waals surface area (Å²) in [5.41, 5.74) is -0.265. The predicted octanol–water partition coefficient (Wildman–Crippen LogP) is 1.18. The second kappa shape index (κ2) is 5.26. The van der Waals surface area contributed by atoms with Crippen LogP contribution in [0.2, 0.25) is 0 Å². The van der Waals surface area contributed by atoms with Crippen molar-refractivity contribution in [3.63, 3.8) is 0 Å². The minimum atomic E-state index is -0.928. The van der Waals surface area contributed by atoms with E-state index < -0.39 is 12.0 Å². The molecule has 0 spiro atoms. The molecule has 1 aliphatic rings. The van der Waals surface area contributed by atoms with Crippen LogP contribution in [0.15, 0.2) is 0 Å². The molecule has 2 atom stereocenters. The van der Waals surface area contributed by atoms with Gasteiger partial charge in [-0.2, -0.15) is 0 Å². The number of carbonyl (C=O) groups excluding carboxylic acids is 1. The Balaban J connectivity index is 3.02. The van der Waals surface area contributed by atoms with Gasteiger partial charge in [0, 0.05) is 18.1 Å². The summed E-state index contributed by atoms with van der Waals surface area (Å²) in [5, 5.41) is 8.97. The first-order valence-electron chi connectivity index (χ1n) is 6.39. The number of likely N-dealkylation sites (N-methyl/N-ethyl adjacent to an activating group) is 1. The Kier molecular flexibility index (Phi) is 4.37. The highest BCUT2D eigenvalue weighted by molar-refractivity contribution is 5.87. The number of rotatable bonds is 2. The van der Waals surface area contributed by atoms with Crippen LogP contribution >= 0.6 is 0 Å². The largest absolute Gasteiger partial charge is 0.481 e. The van der Waals surface area contributed by atoms with Gasteiger partial charge >= 0.3 is 5.97 Å². The molecule has 0 radical (unpaired) electrons. The van der Waals surface area contributed by atoms with Gasteiger partial charge in [0.15, 0.2) is 0 Å². The maximum Gasteiger partial charge on any atom is 0.305 e. The van der Waals surface area contributed by atoms with Crippen molar-refractivity contribution in [2.75, 3.05) is 13.6 Å². The molecule has 5 nitrogen and oxygen atoms in total. The van der Waals surface area contributed by atoms with Gasteiger partial charge in [-0.15, -0.1) is 0 Å². The molecule has 1 rings (SSSR count). The van der Waals surface area contributed by atoms with Crippen molar-refractivity contribution in [3.05, 3.63) is 0 Å². The molecule has 18 heavy (non-hydrogen) atoms. The Hall–Kier alpha value is -1.10. The van der Waals surface area contributed by atoms with Crippen LogP contribution in [0, 0.1) is 0 Å². The van der Waals surface area contributed by atoms with Gasteiger partial charge in [0.05, 0.1) is 12.5 Å². The Morgan fingerprint density at radius 2 is 2.00 bits per heavy atom. The highest BCUT2D eigenvalue weighted by Crippen LogP contribution is 2.24. The van der Waals surface area contributed by atoms with Gasteiger partial charge in [0.2, 0.25) is 5.91 Å². The highest BCUT2D eigenvalue weighted by atomic mass is 16.4. The second-order valence-electron chi connectivity index (χ2n) is 6.08. The number of carbonyl (C=O) groups is 2.